The van der Waals surface area contributed by atoms with E-state index < -0.39 is 0 Å². The highest BCUT2D eigenvalue weighted by atomic mass is 32.2. The molecule has 22 heavy (non-hydrogen) atoms. The van der Waals surface area contributed by atoms with Gasteiger partial charge in [0, 0.05) is 12.1 Å². The summed E-state index contributed by atoms with van der Waals surface area (Å²) in [6.45, 7) is 2.08. The number of fused-ring (bicyclic) bond motifs is 2. The topological polar surface area (TPSA) is 74.8 Å². The van der Waals surface area contributed by atoms with Crippen LogP contribution in [-0.2, 0) is 5.75 Å². The molecule has 4 unspecified atom stereocenters. The number of H-pyrrole nitrogens is 1. The maximum atomic E-state index is 12.4. The van der Waals surface area contributed by atoms with Gasteiger partial charge in [0.05, 0.1) is 5.75 Å². The summed E-state index contributed by atoms with van der Waals surface area (Å²) in [4.78, 5) is 31.0. The van der Waals surface area contributed by atoms with Crippen LogP contribution in [0.2, 0.25) is 0 Å². The molecule has 5 nitrogen and oxygen atoms in total. The van der Waals surface area contributed by atoms with Gasteiger partial charge in [-0.15, -0.1) is 0 Å². The van der Waals surface area contributed by atoms with E-state index in [4.69, 9.17) is 0 Å². The van der Waals surface area contributed by atoms with Crippen LogP contribution in [0.15, 0.2) is 10.9 Å². The van der Waals surface area contributed by atoms with Crippen molar-refractivity contribution in [2.45, 2.75) is 44.4 Å². The van der Waals surface area contributed by atoms with Crippen molar-refractivity contribution in [3.8, 4) is 0 Å². The summed E-state index contributed by atoms with van der Waals surface area (Å²) in [5, 5.41) is 3.06. The molecule has 0 radical (unpaired) electrons. The van der Waals surface area contributed by atoms with Gasteiger partial charge in [0.2, 0.25) is 0 Å². The van der Waals surface area contributed by atoms with Gasteiger partial charge in [-0.05, 0) is 50.2 Å². The van der Waals surface area contributed by atoms with Crippen LogP contribution >= 0.6 is 11.8 Å². The first-order valence-electron chi connectivity index (χ1n) is 7.97. The van der Waals surface area contributed by atoms with Crippen LogP contribution in [0.1, 0.15) is 48.9 Å². The number of hydrogen-bond acceptors (Lipinski definition) is 4. The molecule has 1 aromatic rings. The average Bonchev–Trinajstić information content (AvgIpc) is 3.09. The largest absolute Gasteiger partial charge is 0.348 e. The Bertz CT molecular complexity index is 616. The standard InChI is InChI=1S/C16H23N3O2S/c1-9(12-6-10-3-4-11(12)5-10)17-16(21)13-7-15(20)19-14(18-13)8-22-2/h7,9-12H,3-6,8H2,1-2H3,(H,17,21)(H,18,19,20). The second-order valence-electron chi connectivity index (χ2n) is 6.61. The molecule has 2 aliphatic rings. The van der Waals surface area contributed by atoms with Gasteiger partial charge in [-0.25, -0.2) is 4.98 Å². The molecule has 2 aliphatic carbocycles. The number of aromatic amines is 1. The fourth-order valence-corrected chi connectivity index (χ4v) is 4.53. The normalized spacial score (nSPS) is 27.8. The Morgan fingerprint density at radius 3 is 2.95 bits per heavy atom. The molecule has 1 amide bonds. The Kier molecular flexibility index (Phi) is 4.57. The second-order valence-corrected chi connectivity index (χ2v) is 7.48. The zero-order valence-electron chi connectivity index (χ0n) is 13.1. The predicted octanol–water partition coefficient (Wildman–Crippen LogP) is 2.19. The van der Waals surface area contributed by atoms with Crippen LogP contribution in [-0.4, -0.2) is 28.2 Å². The molecule has 2 saturated carbocycles. The molecular weight excluding hydrogens is 298 g/mol. The van der Waals surface area contributed by atoms with Crippen LogP contribution in [0.4, 0.5) is 0 Å². The van der Waals surface area contributed by atoms with E-state index in [0.29, 0.717) is 17.5 Å². The number of carbonyl (C=O) groups is 1. The molecule has 2 N–H and O–H groups in total. The Hall–Kier alpha value is -1.30. The number of aromatic nitrogens is 2. The van der Waals surface area contributed by atoms with Crippen molar-refractivity contribution in [1.82, 2.24) is 15.3 Å². The van der Waals surface area contributed by atoms with Crippen LogP contribution in [0, 0.1) is 17.8 Å². The summed E-state index contributed by atoms with van der Waals surface area (Å²) >= 11 is 1.56. The maximum absolute atomic E-state index is 12.4. The monoisotopic (exact) mass is 321 g/mol. The highest BCUT2D eigenvalue weighted by Gasteiger charge is 2.42. The maximum Gasteiger partial charge on any atom is 0.270 e. The number of amides is 1. The zero-order chi connectivity index (χ0) is 15.7. The van der Waals surface area contributed by atoms with Gasteiger partial charge in [-0.2, -0.15) is 11.8 Å². The Labute approximate surface area is 134 Å². The van der Waals surface area contributed by atoms with E-state index in [-0.39, 0.29) is 23.2 Å². The first kappa shape index (κ1) is 15.6. The van der Waals surface area contributed by atoms with Crippen molar-refractivity contribution in [2.24, 2.45) is 17.8 Å². The third-order valence-corrected chi connectivity index (χ3v) is 5.66. The van der Waals surface area contributed by atoms with E-state index in [1.165, 1.54) is 31.7 Å². The van der Waals surface area contributed by atoms with E-state index in [9.17, 15) is 9.59 Å². The van der Waals surface area contributed by atoms with Crippen LogP contribution in [0.5, 0.6) is 0 Å². The molecule has 2 bridgehead atoms. The quantitative estimate of drug-likeness (QED) is 0.872. The molecule has 0 aromatic carbocycles. The minimum atomic E-state index is -0.267. The van der Waals surface area contributed by atoms with Gasteiger partial charge in [-0.3, -0.25) is 9.59 Å². The molecule has 1 aromatic heterocycles. The Morgan fingerprint density at radius 1 is 1.50 bits per heavy atom. The Morgan fingerprint density at radius 2 is 2.32 bits per heavy atom. The van der Waals surface area contributed by atoms with E-state index in [1.54, 1.807) is 11.8 Å². The van der Waals surface area contributed by atoms with Crippen LogP contribution in [0.25, 0.3) is 0 Å². The number of carbonyl (C=O) groups excluding carboxylic acids is 1. The van der Waals surface area contributed by atoms with Gasteiger partial charge >= 0.3 is 0 Å². The summed E-state index contributed by atoms with van der Waals surface area (Å²) in [6.07, 6.45) is 7.15. The lowest BCUT2D eigenvalue weighted by Crippen LogP contribution is -2.40. The van der Waals surface area contributed by atoms with Crippen molar-refractivity contribution < 1.29 is 4.79 Å². The molecule has 1 heterocycles. The lowest BCUT2D eigenvalue weighted by Gasteiger charge is -2.28. The molecule has 2 fully saturated rings. The zero-order valence-corrected chi connectivity index (χ0v) is 13.9. The highest BCUT2D eigenvalue weighted by Crippen LogP contribution is 2.49. The third kappa shape index (κ3) is 3.21. The van der Waals surface area contributed by atoms with E-state index in [2.05, 4.69) is 22.2 Å². The molecule has 6 heteroatoms. The van der Waals surface area contributed by atoms with Crippen molar-refractivity contribution >= 4 is 17.7 Å². The van der Waals surface area contributed by atoms with Gasteiger partial charge < -0.3 is 10.3 Å². The number of rotatable bonds is 5. The Balaban J connectivity index is 1.67. The summed E-state index contributed by atoms with van der Waals surface area (Å²) in [5.74, 6) is 3.12. The third-order valence-electron chi connectivity index (χ3n) is 5.10. The summed E-state index contributed by atoms with van der Waals surface area (Å²) in [6, 6.07) is 1.43. The average molecular weight is 321 g/mol. The minimum Gasteiger partial charge on any atom is -0.348 e. The fourth-order valence-electron chi connectivity index (χ4n) is 4.12. The van der Waals surface area contributed by atoms with E-state index in [1.807, 2.05) is 6.26 Å². The van der Waals surface area contributed by atoms with Crippen molar-refractivity contribution in [3.63, 3.8) is 0 Å². The van der Waals surface area contributed by atoms with Gasteiger partial charge in [0.15, 0.2) is 0 Å². The molecular formula is C16H23N3O2S. The van der Waals surface area contributed by atoms with Gasteiger partial charge in [-0.1, -0.05) is 6.42 Å². The molecule has 4 atom stereocenters. The molecule has 0 spiro atoms. The molecule has 3 rings (SSSR count). The number of thioether (sulfide) groups is 1. The van der Waals surface area contributed by atoms with Crippen LogP contribution in [0.3, 0.4) is 0 Å². The van der Waals surface area contributed by atoms with Gasteiger partial charge in [0.25, 0.3) is 11.5 Å². The molecule has 0 saturated heterocycles. The van der Waals surface area contributed by atoms with E-state index >= 15 is 0 Å². The van der Waals surface area contributed by atoms with Crippen molar-refractivity contribution in [2.75, 3.05) is 6.26 Å². The van der Waals surface area contributed by atoms with Gasteiger partial charge in [0.1, 0.15) is 11.5 Å². The predicted molar refractivity (Wildman–Crippen MR) is 87.9 cm³/mol. The second kappa shape index (κ2) is 6.44. The van der Waals surface area contributed by atoms with Crippen molar-refractivity contribution in [3.05, 3.63) is 27.9 Å². The molecule has 0 aliphatic heterocycles. The highest BCUT2D eigenvalue weighted by molar-refractivity contribution is 7.97. The number of nitrogens with zero attached hydrogens (tertiary/aromatic N) is 1. The smallest absolute Gasteiger partial charge is 0.270 e. The first-order valence-corrected chi connectivity index (χ1v) is 9.36. The molecule has 120 valence electrons. The summed E-state index contributed by atoms with van der Waals surface area (Å²) in [7, 11) is 0. The van der Waals surface area contributed by atoms with Crippen LogP contribution < -0.4 is 10.9 Å². The first-order chi connectivity index (χ1) is 10.6. The lowest BCUT2D eigenvalue weighted by atomic mass is 9.84. The minimum absolute atomic E-state index is 0.146. The SMILES string of the molecule is CSCc1nc(C(=O)NC(C)C2CC3CCC2C3)cc(=O)[nH]1. The fraction of sp³-hybridized carbons (Fsp3) is 0.688. The van der Waals surface area contributed by atoms with Crippen molar-refractivity contribution in [1.29, 1.82) is 0 Å². The lowest BCUT2D eigenvalue weighted by molar-refractivity contribution is 0.0909. The summed E-state index contributed by atoms with van der Waals surface area (Å²) < 4.78 is 0. The number of hydrogen-bond donors (Lipinski definition) is 2. The van der Waals surface area contributed by atoms with E-state index in [0.717, 1.165) is 11.8 Å². The number of nitrogens with one attached hydrogen (secondary N) is 2. The summed E-state index contributed by atoms with van der Waals surface area (Å²) in [5.41, 5.74) is -0.0421.